The van der Waals surface area contributed by atoms with Crippen LogP contribution in [0.1, 0.15) is 62.3 Å². The first kappa shape index (κ1) is 18.0. The maximum atomic E-state index is 11.3. The highest BCUT2D eigenvalue weighted by atomic mass is 16.3. The third-order valence-corrected chi connectivity index (χ3v) is 7.90. The minimum Gasteiger partial charge on any atom is -0.508 e. The molecule has 4 heteroatoms. The third-order valence-electron chi connectivity index (χ3n) is 7.90. The zero-order valence-corrected chi connectivity index (χ0v) is 16.8. The SMILES string of the molecule is CCn1ccc(/C=C2\C[C@@H]3[C@@H]4CCc5cc(O)ccc5[C@@H]4CC[C@]3(C)[C@H]2O)n1. The van der Waals surface area contributed by atoms with E-state index in [0.717, 1.165) is 49.9 Å². The second-order valence-corrected chi connectivity index (χ2v) is 9.27. The normalized spacial score (nSPS) is 35.5. The second kappa shape index (κ2) is 6.48. The van der Waals surface area contributed by atoms with E-state index in [0.29, 0.717) is 23.5 Å². The standard InChI is InChI=1S/C24H30N2O2/c1-3-26-11-9-17(25-26)12-16-14-22-21-6-4-15-13-18(27)5-7-19(15)20(21)8-10-24(22,2)23(16)28/h5,7,9,11-13,20-23,27-28H,3-4,6,8,10,14H2,1-2H3/b16-12+/t20-,21+,22+,23-,24-/m0/s1. The predicted molar refractivity (Wildman–Crippen MR) is 110 cm³/mol. The van der Waals surface area contributed by atoms with Gasteiger partial charge >= 0.3 is 0 Å². The molecule has 0 unspecified atom stereocenters. The predicted octanol–water partition coefficient (Wildman–Crippen LogP) is 4.52. The van der Waals surface area contributed by atoms with Crippen LogP contribution in [-0.2, 0) is 13.0 Å². The minimum atomic E-state index is -0.369. The van der Waals surface area contributed by atoms with Gasteiger partial charge in [-0.15, -0.1) is 0 Å². The van der Waals surface area contributed by atoms with E-state index in [2.05, 4.69) is 31.1 Å². The van der Waals surface area contributed by atoms with Gasteiger partial charge in [0, 0.05) is 18.2 Å². The summed E-state index contributed by atoms with van der Waals surface area (Å²) in [7, 11) is 0. The topological polar surface area (TPSA) is 58.3 Å². The van der Waals surface area contributed by atoms with Gasteiger partial charge in [-0.2, -0.15) is 5.10 Å². The molecular weight excluding hydrogens is 348 g/mol. The Bertz CT molecular complexity index is 930. The van der Waals surface area contributed by atoms with E-state index in [9.17, 15) is 10.2 Å². The number of hydrogen-bond acceptors (Lipinski definition) is 3. The van der Waals surface area contributed by atoms with Gasteiger partial charge in [-0.1, -0.05) is 13.0 Å². The van der Waals surface area contributed by atoms with Crippen molar-refractivity contribution in [2.45, 2.75) is 64.5 Å². The highest BCUT2D eigenvalue weighted by molar-refractivity contribution is 5.52. The molecule has 0 saturated heterocycles. The molecule has 1 aromatic carbocycles. The zero-order chi connectivity index (χ0) is 19.5. The Labute approximate surface area is 166 Å². The summed E-state index contributed by atoms with van der Waals surface area (Å²) in [5.74, 6) is 2.08. The first-order chi connectivity index (χ1) is 13.5. The summed E-state index contributed by atoms with van der Waals surface area (Å²) in [5, 5.41) is 25.7. The molecular formula is C24H30N2O2. The summed E-state index contributed by atoms with van der Waals surface area (Å²) in [6.07, 6.45) is 9.12. The van der Waals surface area contributed by atoms with Crippen molar-refractivity contribution < 1.29 is 10.2 Å². The van der Waals surface area contributed by atoms with Crippen LogP contribution in [0.4, 0.5) is 0 Å². The Morgan fingerprint density at radius 3 is 2.93 bits per heavy atom. The molecule has 4 nitrogen and oxygen atoms in total. The second-order valence-electron chi connectivity index (χ2n) is 9.27. The zero-order valence-electron chi connectivity index (χ0n) is 16.8. The molecule has 1 aromatic heterocycles. The number of rotatable bonds is 2. The molecule has 5 rings (SSSR count). The molecule has 2 saturated carbocycles. The summed E-state index contributed by atoms with van der Waals surface area (Å²) in [5.41, 5.74) is 4.84. The minimum absolute atomic E-state index is 0.0330. The van der Waals surface area contributed by atoms with Crippen molar-refractivity contribution in [2.75, 3.05) is 0 Å². The Hall–Kier alpha value is -2.07. The number of aromatic hydroxyl groups is 1. The van der Waals surface area contributed by atoms with Crippen molar-refractivity contribution in [1.29, 1.82) is 0 Å². The molecule has 3 aliphatic carbocycles. The largest absolute Gasteiger partial charge is 0.508 e. The van der Waals surface area contributed by atoms with Crippen LogP contribution in [0.3, 0.4) is 0 Å². The highest BCUT2D eigenvalue weighted by Gasteiger charge is 2.56. The molecule has 28 heavy (non-hydrogen) atoms. The van der Waals surface area contributed by atoms with Gasteiger partial charge in [0.25, 0.3) is 0 Å². The van der Waals surface area contributed by atoms with Crippen molar-refractivity contribution in [3.05, 3.63) is 52.9 Å². The maximum Gasteiger partial charge on any atom is 0.115 e. The molecule has 0 amide bonds. The van der Waals surface area contributed by atoms with Gasteiger partial charge in [0.2, 0.25) is 0 Å². The number of aliphatic hydroxyl groups is 1. The lowest BCUT2D eigenvalue weighted by molar-refractivity contribution is -0.0158. The fourth-order valence-electron chi connectivity index (χ4n) is 6.39. The number of benzene rings is 1. The number of phenolic OH excluding ortho intramolecular Hbond substituents is 1. The molecule has 0 aliphatic heterocycles. The van der Waals surface area contributed by atoms with Crippen molar-refractivity contribution in [1.82, 2.24) is 9.78 Å². The Kier molecular flexibility index (Phi) is 4.16. The Balaban J connectivity index is 1.46. The first-order valence-electron chi connectivity index (χ1n) is 10.7. The third kappa shape index (κ3) is 2.65. The van der Waals surface area contributed by atoms with E-state index in [4.69, 9.17) is 0 Å². The average Bonchev–Trinajstić information content (AvgIpc) is 3.25. The van der Waals surface area contributed by atoms with Crippen LogP contribution in [0.5, 0.6) is 5.75 Å². The number of phenols is 1. The van der Waals surface area contributed by atoms with E-state index in [-0.39, 0.29) is 11.5 Å². The summed E-state index contributed by atoms with van der Waals surface area (Å²) in [6, 6.07) is 7.98. The number of aliphatic hydroxyl groups excluding tert-OH is 1. The molecule has 2 aromatic rings. The van der Waals surface area contributed by atoms with Gasteiger partial charge in [-0.25, -0.2) is 0 Å². The van der Waals surface area contributed by atoms with Crippen LogP contribution in [0.15, 0.2) is 36.0 Å². The smallest absolute Gasteiger partial charge is 0.115 e. The van der Waals surface area contributed by atoms with Crippen LogP contribution >= 0.6 is 0 Å². The summed E-state index contributed by atoms with van der Waals surface area (Å²) >= 11 is 0. The quantitative estimate of drug-likeness (QED) is 0.808. The Morgan fingerprint density at radius 1 is 1.29 bits per heavy atom. The number of nitrogens with zero attached hydrogens (tertiary/aromatic N) is 2. The van der Waals surface area contributed by atoms with Crippen LogP contribution in [0, 0.1) is 17.3 Å². The van der Waals surface area contributed by atoms with Gasteiger partial charge in [0.05, 0.1) is 11.8 Å². The van der Waals surface area contributed by atoms with Gasteiger partial charge in [0.15, 0.2) is 0 Å². The average molecular weight is 379 g/mol. The van der Waals surface area contributed by atoms with Gasteiger partial charge in [-0.05, 0) is 97.8 Å². The van der Waals surface area contributed by atoms with Crippen LogP contribution < -0.4 is 0 Å². The van der Waals surface area contributed by atoms with Crippen molar-refractivity contribution in [3.8, 4) is 5.75 Å². The van der Waals surface area contributed by atoms with E-state index >= 15 is 0 Å². The van der Waals surface area contributed by atoms with Gasteiger partial charge in [-0.3, -0.25) is 4.68 Å². The summed E-state index contributed by atoms with van der Waals surface area (Å²) < 4.78 is 1.94. The van der Waals surface area contributed by atoms with Crippen molar-refractivity contribution in [2.24, 2.45) is 17.3 Å². The van der Waals surface area contributed by atoms with E-state index < -0.39 is 0 Å². The van der Waals surface area contributed by atoms with E-state index in [1.54, 1.807) is 0 Å². The lowest BCUT2D eigenvalue weighted by Gasteiger charge is -2.49. The molecule has 0 spiro atoms. The fraction of sp³-hybridized carbons (Fsp3) is 0.542. The Morgan fingerprint density at radius 2 is 2.14 bits per heavy atom. The number of hydrogen-bond donors (Lipinski definition) is 2. The van der Waals surface area contributed by atoms with Crippen LogP contribution in [0.25, 0.3) is 6.08 Å². The molecule has 5 atom stereocenters. The summed E-state index contributed by atoms with van der Waals surface area (Å²) in [4.78, 5) is 0. The monoisotopic (exact) mass is 378 g/mol. The molecule has 0 bridgehead atoms. The molecule has 2 fully saturated rings. The molecule has 148 valence electrons. The van der Waals surface area contributed by atoms with E-state index in [1.807, 2.05) is 29.1 Å². The van der Waals surface area contributed by atoms with E-state index in [1.165, 1.54) is 11.1 Å². The van der Waals surface area contributed by atoms with Crippen LogP contribution in [0.2, 0.25) is 0 Å². The molecule has 3 aliphatic rings. The lowest BCUT2D eigenvalue weighted by atomic mass is 9.55. The molecule has 2 N–H and O–H groups in total. The van der Waals surface area contributed by atoms with Crippen molar-refractivity contribution in [3.63, 3.8) is 0 Å². The van der Waals surface area contributed by atoms with Crippen LogP contribution in [-0.4, -0.2) is 26.1 Å². The fourth-order valence-corrected chi connectivity index (χ4v) is 6.39. The van der Waals surface area contributed by atoms with Gasteiger partial charge < -0.3 is 10.2 Å². The number of aromatic nitrogens is 2. The lowest BCUT2D eigenvalue weighted by Crippen LogP contribution is -2.44. The first-order valence-corrected chi connectivity index (χ1v) is 10.7. The highest BCUT2D eigenvalue weighted by Crippen LogP contribution is 2.62. The molecule has 1 heterocycles. The number of fused-ring (bicyclic) bond motifs is 5. The molecule has 0 radical (unpaired) electrons. The van der Waals surface area contributed by atoms with Crippen molar-refractivity contribution >= 4 is 6.08 Å². The maximum absolute atomic E-state index is 11.3. The number of aryl methyl sites for hydroxylation is 2. The summed E-state index contributed by atoms with van der Waals surface area (Å²) in [6.45, 7) is 5.26. The van der Waals surface area contributed by atoms with Gasteiger partial charge in [0.1, 0.15) is 5.75 Å².